The molecular formula is C10H28O3Ti. The summed E-state index contributed by atoms with van der Waals surface area (Å²) < 4.78 is 4.42. The fourth-order valence-corrected chi connectivity index (χ4v) is 0. The maximum absolute atomic E-state index is 7.57. The maximum atomic E-state index is 7.57. The Hall–Kier alpha value is 0.594. The first-order valence-corrected chi connectivity index (χ1v) is 3.27. The van der Waals surface area contributed by atoms with Crippen molar-refractivity contribution in [3.63, 3.8) is 0 Å². The summed E-state index contributed by atoms with van der Waals surface area (Å²) in [4.78, 5) is 0. The van der Waals surface area contributed by atoms with Crippen LogP contribution in [0, 0.1) is 28.9 Å². The van der Waals surface area contributed by atoms with Crippen LogP contribution in [0.25, 0.3) is 0 Å². The van der Waals surface area contributed by atoms with Crippen LogP contribution in [0.1, 0.15) is 20.8 Å². The average molecular weight is 244 g/mol. The van der Waals surface area contributed by atoms with Crippen LogP contribution >= 0.6 is 0 Å². The summed E-state index contributed by atoms with van der Waals surface area (Å²) in [6, 6.07) is 0. The van der Waals surface area contributed by atoms with E-state index in [9.17, 15) is 0 Å². The van der Waals surface area contributed by atoms with Gasteiger partial charge in [-0.25, -0.2) is 6.61 Å². The third-order valence-electron chi connectivity index (χ3n) is 0.236. The molecule has 0 aliphatic rings. The third-order valence-corrected chi connectivity index (χ3v) is 0.236. The molecule has 0 heterocycles. The molecule has 14 heavy (non-hydrogen) atoms. The Kier molecular flexibility index (Phi) is 341. The van der Waals surface area contributed by atoms with E-state index in [1.807, 2.05) is 6.92 Å². The molecule has 0 fully saturated rings. The van der Waals surface area contributed by atoms with Gasteiger partial charge in [0.25, 0.3) is 0 Å². The Morgan fingerprint density at radius 2 is 1.07 bits per heavy atom. The second-order valence-electron chi connectivity index (χ2n) is 1.10. The summed E-state index contributed by atoms with van der Waals surface area (Å²) in [5, 5.41) is 15.1. The summed E-state index contributed by atoms with van der Waals surface area (Å²) in [7, 11) is 1.62. The van der Waals surface area contributed by atoms with Crippen LogP contribution in [0.15, 0.2) is 0 Å². The number of hydrogen-bond donors (Lipinski definition) is 2. The second kappa shape index (κ2) is 102. The average Bonchev–Trinajstić information content (AvgIpc) is 1.91. The zero-order chi connectivity index (χ0) is 8.83. The molecule has 0 spiro atoms. The van der Waals surface area contributed by atoms with E-state index in [2.05, 4.69) is 4.74 Å². The summed E-state index contributed by atoms with van der Waals surface area (Å²) in [5.41, 5.74) is 0. The van der Waals surface area contributed by atoms with E-state index in [0.717, 1.165) is 0 Å². The van der Waals surface area contributed by atoms with E-state index in [0.29, 0.717) is 0 Å². The number of aliphatic hydroxyl groups excluding tert-OH is 2. The number of ether oxygens (including phenoxy) is 1. The smallest absolute Gasteiger partial charge is 0.555 e. The molecule has 90 valence electrons. The maximum Gasteiger partial charge on any atom is 4.00 e. The van der Waals surface area contributed by atoms with Gasteiger partial charge in [0, 0.05) is 13.2 Å². The molecule has 0 amide bonds. The SMILES string of the molecule is CCO.CCO.C[CH-]OC.[CH3-].[CH3-].[CH3-].[Ti+4]. The van der Waals surface area contributed by atoms with Gasteiger partial charge in [-0.1, -0.05) is 0 Å². The number of methoxy groups -OCH3 is 1. The van der Waals surface area contributed by atoms with Gasteiger partial charge in [0.15, 0.2) is 0 Å². The molecule has 3 nitrogen and oxygen atoms in total. The third kappa shape index (κ3) is 666. The van der Waals surface area contributed by atoms with Crippen molar-refractivity contribution in [2.75, 3.05) is 20.3 Å². The monoisotopic (exact) mass is 244 g/mol. The predicted octanol–water partition coefficient (Wildman–Crippen LogP) is 2.16. The minimum Gasteiger partial charge on any atom is -0.555 e. The summed E-state index contributed by atoms with van der Waals surface area (Å²) in [5.74, 6) is 0. The first-order valence-electron chi connectivity index (χ1n) is 3.27. The van der Waals surface area contributed by atoms with Crippen molar-refractivity contribution in [3.8, 4) is 0 Å². The van der Waals surface area contributed by atoms with Crippen molar-refractivity contribution < 1.29 is 36.7 Å². The van der Waals surface area contributed by atoms with Gasteiger partial charge >= 0.3 is 21.7 Å². The molecule has 0 bridgehead atoms. The minimum atomic E-state index is 0. The molecule has 0 aromatic rings. The predicted molar refractivity (Wildman–Crippen MR) is 61.7 cm³/mol. The van der Waals surface area contributed by atoms with Crippen LogP contribution < -0.4 is 0 Å². The van der Waals surface area contributed by atoms with E-state index in [1.165, 1.54) is 0 Å². The first kappa shape index (κ1) is 46.8. The Labute approximate surface area is 107 Å². The molecule has 0 aromatic carbocycles. The van der Waals surface area contributed by atoms with Gasteiger partial charge in [-0.2, -0.15) is 6.92 Å². The number of rotatable bonds is 1. The van der Waals surface area contributed by atoms with Crippen LogP contribution in [0.5, 0.6) is 0 Å². The normalized spacial score (nSPS) is 4.71. The van der Waals surface area contributed by atoms with Crippen LogP contribution in [0.4, 0.5) is 0 Å². The van der Waals surface area contributed by atoms with Crippen molar-refractivity contribution in [2.45, 2.75) is 20.8 Å². The zero-order valence-electron chi connectivity index (χ0n) is 10.8. The van der Waals surface area contributed by atoms with E-state index in [1.54, 1.807) is 27.6 Å². The molecular weight excluding hydrogens is 216 g/mol. The molecule has 4 heteroatoms. The summed E-state index contributed by atoms with van der Waals surface area (Å²) >= 11 is 0. The second-order valence-corrected chi connectivity index (χ2v) is 1.10. The van der Waals surface area contributed by atoms with Crippen LogP contribution in [0.2, 0.25) is 0 Å². The van der Waals surface area contributed by atoms with Gasteiger partial charge in [-0.05, 0) is 21.0 Å². The van der Waals surface area contributed by atoms with Gasteiger partial charge in [0.2, 0.25) is 0 Å². The van der Waals surface area contributed by atoms with Gasteiger partial charge in [-0.3, -0.25) is 0 Å². The van der Waals surface area contributed by atoms with Gasteiger partial charge in [0.05, 0.1) is 0 Å². The van der Waals surface area contributed by atoms with Crippen molar-refractivity contribution in [1.29, 1.82) is 0 Å². The molecule has 0 unspecified atom stereocenters. The molecule has 0 aromatic heterocycles. The minimum absolute atomic E-state index is 0. The molecule has 0 aliphatic carbocycles. The van der Waals surface area contributed by atoms with Crippen LogP contribution in [-0.2, 0) is 26.5 Å². The first-order chi connectivity index (χ1) is 4.74. The molecule has 2 N–H and O–H groups in total. The Morgan fingerprint density at radius 3 is 1.07 bits per heavy atom. The Morgan fingerprint density at radius 1 is 1.00 bits per heavy atom. The van der Waals surface area contributed by atoms with Crippen molar-refractivity contribution in [2.24, 2.45) is 0 Å². The van der Waals surface area contributed by atoms with Crippen LogP contribution in [-0.4, -0.2) is 30.5 Å². The van der Waals surface area contributed by atoms with Gasteiger partial charge in [0.1, 0.15) is 0 Å². The molecule has 0 saturated carbocycles. The molecule has 0 rings (SSSR count). The van der Waals surface area contributed by atoms with E-state index < -0.39 is 0 Å². The van der Waals surface area contributed by atoms with Crippen molar-refractivity contribution in [3.05, 3.63) is 28.9 Å². The topological polar surface area (TPSA) is 49.7 Å². The zero-order valence-corrected chi connectivity index (χ0v) is 12.4. The molecule has 0 aliphatic heterocycles. The van der Waals surface area contributed by atoms with Crippen molar-refractivity contribution in [1.82, 2.24) is 0 Å². The van der Waals surface area contributed by atoms with E-state index >= 15 is 0 Å². The largest absolute Gasteiger partial charge is 4.00 e. The quantitative estimate of drug-likeness (QED) is 0.549. The molecule has 0 radical (unpaired) electrons. The van der Waals surface area contributed by atoms with E-state index in [4.69, 9.17) is 10.2 Å². The van der Waals surface area contributed by atoms with E-state index in [-0.39, 0.29) is 57.2 Å². The fraction of sp³-hybridized carbons (Fsp3) is 0.600. The summed E-state index contributed by atoms with van der Waals surface area (Å²) in [6.07, 6.45) is 0. The number of hydrogen-bond acceptors (Lipinski definition) is 3. The Bertz CT molecular complexity index is 27.3. The standard InChI is InChI=1S/C3H7O.2C2H6O.3CH3.Ti/c1-3-4-2;2*1-2-3;;;;/h3H,1-2H3;2*3H,2H2,1H3;3*1H3;/q-1;;;3*-1;+4. The van der Waals surface area contributed by atoms with Crippen LogP contribution in [0.3, 0.4) is 0 Å². The summed E-state index contributed by atoms with van der Waals surface area (Å²) in [6.45, 7) is 7.32. The van der Waals surface area contributed by atoms with Crippen molar-refractivity contribution >= 4 is 0 Å². The molecule has 0 atom stereocenters. The van der Waals surface area contributed by atoms with Gasteiger partial charge < -0.3 is 37.2 Å². The molecule has 0 saturated heterocycles. The Balaban J connectivity index is -0.00000000929. The number of aliphatic hydroxyl groups is 2. The fourth-order valence-electron chi connectivity index (χ4n) is 0. The van der Waals surface area contributed by atoms with Gasteiger partial charge in [-0.15, -0.1) is 0 Å².